The van der Waals surface area contributed by atoms with Crippen LogP contribution in [0, 0.1) is 23.1 Å². The van der Waals surface area contributed by atoms with Crippen LogP contribution in [0.5, 0.6) is 11.5 Å². The number of nitrogens with one attached hydrogen (secondary N) is 1. The van der Waals surface area contributed by atoms with E-state index in [0.717, 1.165) is 12.8 Å². The quantitative estimate of drug-likeness (QED) is 0.570. The maximum absolute atomic E-state index is 13.8. The van der Waals surface area contributed by atoms with Crippen LogP contribution < -0.4 is 10.1 Å². The lowest BCUT2D eigenvalue weighted by molar-refractivity contribution is 0.0864. The van der Waals surface area contributed by atoms with Crippen molar-refractivity contribution in [2.75, 3.05) is 0 Å². The molecule has 0 spiro atoms. The van der Waals surface area contributed by atoms with Gasteiger partial charge in [-0.2, -0.15) is 5.26 Å². The van der Waals surface area contributed by atoms with Crippen LogP contribution >= 0.6 is 11.6 Å². The molecule has 0 atom stereocenters. The normalized spacial score (nSPS) is 17.9. The van der Waals surface area contributed by atoms with Crippen molar-refractivity contribution in [2.24, 2.45) is 5.92 Å². The smallest absolute Gasteiger partial charge is 0.163 e. The van der Waals surface area contributed by atoms with Crippen molar-refractivity contribution in [3.05, 3.63) is 58.4 Å². The van der Waals surface area contributed by atoms with Gasteiger partial charge in [0.2, 0.25) is 0 Å². The molecule has 0 unspecified atom stereocenters. The second-order valence-electron chi connectivity index (χ2n) is 9.27. The van der Waals surface area contributed by atoms with E-state index in [-0.39, 0.29) is 44.9 Å². The Morgan fingerprint density at radius 2 is 1.87 bits per heavy atom. The Morgan fingerprint density at radius 1 is 1.20 bits per heavy atom. The van der Waals surface area contributed by atoms with Crippen LogP contribution in [0.15, 0.2) is 36.4 Å². The number of carbonyl (C=O) groups is 1. The number of ketones is 1. The van der Waals surface area contributed by atoms with Crippen molar-refractivity contribution in [3.8, 4) is 17.6 Å². The van der Waals surface area contributed by atoms with E-state index in [0.29, 0.717) is 12.0 Å². The molecule has 0 aromatic heterocycles. The highest BCUT2D eigenvalue weighted by atomic mass is 35.5. The Bertz CT molecular complexity index is 995. The minimum atomic E-state index is -0.661. The highest BCUT2D eigenvalue weighted by Crippen LogP contribution is 2.36. The summed E-state index contributed by atoms with van der Waals surface area (Å²) in [5.41, 5.74) is 0.280. The molecule has 0 aliphatic carbocycles. The van der Waals surface area contributed by atoms with Crippen LogP contribution in [0.1, 0.15) is 62.9 Å². The van der Waals surface area contributed by atoms with Crippen LogP contribution in [-0.2, 0) is 0 Å². The highest BCUT2D eigenvalue weighted by molar-refractivity contribution is 6.32. The van der Waals surface area contributed by atoms with Crippen molar-refractivity contribution < 1.29 is 13.9 Å². The minimum Gasteiger partial charge on any atom is -0.454 e. The topological polar surface area (TPSA) is 62.1 Å². The zero-order valence-electron chi connectivity index (χ0n) is 17.7. The summed E-state index contributed by atoms with van der Waals surface area (Å²) in [5.74, 6) is -0.00260. The number of Topliss-reactive ketones (excluding diaryl/α,β-unsaturated/α-hetero) is 1. The molecule has 1 heterocycles. The van der Waals surface area contributed by atoms with Gasteiger partial charge in [0, 0.05) is 23.1 Å². The maximum atomic E-state index is 13.8. The third-order valence-electron chi connectivity index (χ3n) is 5.31. The first-order chi connectivity index (χ1) is 14.0. The third-order valence-corrected chi connectivity index (χ3v) is 5.61. The molecule has 158 valence electrons. The average molecular weight is 429 g/mol. The second-order valence-corrected chi connectivity index (χ2v) is 9.67. The van der Waals surface area contributed by atoms with Gasteiger partial charge in [-0.1, -0.05) is 17.7 Å². The number of nitriles is 1. The van der Waals surface area contributed by atoms with E-state index < -0.39 is 5.82 Å². The molecule has 1 saturated heterocycles. The summed E-state index contributed by atoms with van der Waals surface area (Å²) in [7, 11) is 0. The standard InChI is InChI=1S/C24H26ClFN2O2/c1-23(2)12-15(13-24(3,4)28-23)10-20(29)16-8-9-22(18(25)11-16)30-21-7-5-6-19(26)17(21)14-27/h5-9,11,15,28H,10,12-13H2,1-4H3. The van der Waals surface area contributed by atoms with Crippen LogP contribution in [0.3, 0.4) is 0 Å². The Kier molecular flexibility index (Phi) is 6.21. The zero-order chi connectivity index (χ0) is 22.1. The van der Waals surface area contributed by atoms with Crippen molar-refractivity contribution >= 4 is 17.4 Å². The fraction of sp³-hybridized carbons (Fsp3) is 0.417. The van der Waals surface area contributed by atoms with E-state index >= 15 is 0 Å². The number of ether oxygens (including phenoxy) is 1. The summed E-state index contributed by atoms with van der Waals surface area (Å²) in [6.07, 6.45) is 2.30. The number of hydrogen-bond donors (Lipinski definition) is 1. The maximum Gasteiger partial charge on any atom is 0.163 e. The average Bonchev–Trinajstić information content (AvgIpc) is 2.60. The van der Waals surface area contributed by atoms with Gasteiger partial charge in [0.15, 0.2) is 5.78 Å². The summed E-state index contributed by atoms with van der Waals surface area (Å²) in [4.78, 5) is 12.9. The molecule has 1 aliphatic rings. The van der Waals surface area contributed by atoms with Gasteiger partial charge in [0.25, 0.3) is 0 Å². The summed E-state index contributed by atoms with van der Waals surface area (Å²) in [5, 5.41) is 13.0. The SMILES string of the molecule is CC1(C)CC(CC(=O)c2ccc(Oc3cccc(F)c3C#N)c(Cl)c2)CC(C)(C)N1. The summed E-state index contributed by atoms with van der Waals surface area (Å²) in [6.45, 7) is 8.65. The molecular weight excluding hydrogens is 403 g/mol. The number of halogens is 2. The predicted molar refractivity (Wildman–Crippen MR) is 116 cm³/mol. The van der Waals surface area contributed by atoms with E-state index in [4.69, 9.17) is 21.6 Å². The molecule has 6 heteroatoms. The molecule has 1 fully saturated rings. The molecule has 3 rings (SSSR count). The molecule has 0 bridgehead atoms. The van der Waals surface area contributed by atoms with E-state index in [2.05, 4.69) is 33.0 Å². The number of hydrogen-bond acceptors (Lipinski definition) is 4. The summed E-state index contributed by atoms with van der Waals surface area (Å²) in [6, 6.07) is 10.7. The Labute approximate surface area is 182 Å². The van der Waals surface area contributed by atoms with Crippen LogP contribution in [0.2, 0.25) is 5.02 Å². The molecule has 1 aliphatic heterocycles. The molecule has 0 radical (unpaired) electrons. The van der Waals surface area contributed by atoms with Crippen molar-refractivity contribution in [1.29, 1.82) is 5.26 Å². The fourth-order valence-electron chi connectivity index (χ4n) is 4.63. The van der Waals surface area contributed by atoms with Gasteiger partial charge < -0.3 is 10.1 Å². The lowest BCUT2D eigenvalue weighted by atomic mass is 9.74. The number of rotatable bonds is 5. The van der Waals surface area contributed by atoms with Crippen molar-refractivity contribution in [1.82, 2.24) is 5.32 Å². The van der Waals surface area contributed by atoms with Crippen molar-refractivity contribution in [2.45, 2.75) is 58.0 Å². The monoisotopic (exact) mass is 428 g/mol. The van der Waals surface area contributed by atoms with Gasteiger partial charge in [-0.3, -0.25) is 4.79 Å². The number of carbonyl (C=O) groups excluding carboxylic acids is 1. The summed E-state index contributed by atoms with van der Waals surface area (Å²) >= 11 is 6.33. The van der Waals surface area contributed by atoms with Crippen molar-refractivity contribution in [3.63, 3.8) is 0 Å². The predicted octanol–water partition coefficient (Wildman–Crippen LogP) is 6.27. The van der Waals surface area contributed by atoms with Crippen LogP contribution in [0.4, 0.5) is 4.39 Å². The van der Waals surface area contributed by atoms with Gasteiger partial charge in [-0.05, 0) is 76.8 Å². The first-order valence-corrected chi connectivity index (χ1v) is 10.4. The second kappa shape index (κ2) is 8.37. The molecular formula is C24H26ClFN2O2. The zero-order valence-corrected chi connectivity index (χ0v) is 18.4. The lowest BCUT2D eigenvalue weighted by Gasteiger charge is -2.46. The van der Waals surface area contributed by atoms with Crippen LogP contribution in [0.25, 0.3) is 0 Å². The molecule has 4 nitrogen and oxygen atoms in total. The molecule has 0 amide bonds. The van der Waals surface area contributed by atoms with Crippen LogP contribution in [-0.4, -0.2) is 16.9 Å². The Hall–Kier alpha value is -2.42. The minimum absolute atomic E-state index is 0.0224. The molecule has 2 aromatic rings. The Morgan fingerprint density at radius 3 is 2.47 bits per heavy atom. The highest BCUT2D eigenvalue weighted by Gasteiger charge is 2.38. The number of nitrogens with zero attached hydrogens (tertiary/aromatic N) is 1. The number of piperidine rings is 1. The van der Waals surface area contributed by atoms with Gasteiger partial charge in [0.05, 0.1) is 5.02 Å². The first kappa shape index (κ1) is 22.3. The van der Waals surface area contributed by atoms with Gasteiger partial charge in [0.1, 0.15) is 28.9 Å². The largest absolute Gasteiger partial charge is 0.454 e. The summed E-state index contributed by atoms with van der Waals surface area (Å²) < 4.78 is 19.4. The van der Waals surface area contributed by atoms with Gasteiger partial charge >= 0.3 is 0 Å². The van der Waals surface area contributed by atoms with Gasteiger partial charge in [-0.15, -0.1) is 0 Å². The first-order valence-electron chi connectivity index (χ1n) is 9.98. The van der Waals surface area contributed by atoms with E-state index in [1.165, 1.54) is 18.2 Å². The molecule has 30 heavy (non-hydrogen) atoms. The molecule has 1 N–H and O–H groups in total. The van der Waals surface area contributed by atoms with E-state index in [9.17, 15) is 9.18 Å². The van der Waals surface area contributed by atoms with Gasteiger partial charge in [-0.25, -0.2) is 4.39 Å². The van der Waals surface area contributed by atoms with E-state index in [1.807, 2.05) is 0 Å². The fourth-order valence-corrected chi connectivity index (χ4v) is 4.85. The molecule has 0 saturated carbocycles. The lowest BCUT2D eigenvalue weighted by Crippen LogP contribution is -2.57. The third kappa shape index (κ3) is 5.19. The Balaban J connectivity index is 1.75. The van der Waals surface area contributed by atoms with E-state index in [1.54, 1.807) is 24.3 Å². The number of benzene rings is 2. The molecule has 2 aromatic carbocycles.